The van der Waals surface area contributed by atoms with Gasteiger partial charge in [0.2, 0.25) is 0 Å². The summed E-state index contributed by atoms with van der Waals surface area (Å²) in [4.78, 5) is 14.6. The van der Waals surface area contributed by atoms with Gasteiger partial charge in [0.15, 0.2) is 21.3 Å². The summed E-state index contributed by atoms with van der Waals surface area (Å²) >= 11 is 0. The Balaban J connectivity index is 1.77. The average molecular weight is 389 g/mol. The van der Waals surface area contributed by atoms with Gasteiger partial charge in [0.25, 0.3) is 5.91 Å². The molecule has 2 aromatic rings. The van der Waals surface area contributed by atoms with Crippen LogP contribution in [0.5, 0.6) is 11.5 Å². The van der Waals surface area contributed by atoms with E-state index in [1.807, 2.05) is 12.1 Å². The molecule has 0 saturated carbocycles. The summed E-state index contributed by atoms with van der Waals surface area (Å²) in [5.41, 5.74) is 3.42. The number of rotatable bonds is 5. The van der Waals surface area contributed by atoms with Crippen LogP contribution in [0.3, 0.4) is 0 Å². The minimum absolute atomic E-state index is 0.0276. The molecular weight excluding hydrogens is 366 g/mol. The summed E-state index contributed by atoms with van der Waals surface area (Å²) in [5.74, 6) is 1.25. The average Bonchev–Trinajstić information content (AvgIpc) is 2.65. The highest BCUT2D eigenvalue weighted by Crippen LogP contribution is 2.33. The maximum atomic E-state index is 12.8. The number of amides is 1. The Morgan fingerprint density at radius 1 is 1.04 bits per heavy atom. The predicted molar refractivity (Wildman–Crippen MR) is 103 cm³/mol. The Hall–Kier alpha value is -2.54. The molecule has 0 atom stereocenters. The monoisotopic (exact) mass is 389 g/mol. The van der Waals surface area contributed by atoms with Crippen LogP contribution in [-0.4, -0.2) is 46.2 Å². The van der Waals surface area contributed by atoms with Crippen LogP contribution in [0.1, 0.15) is 27.0 Å². The molecule has 1 amide bonds. The fraction of sp³-hybridized carbons (Fsp3) is 0.350. The Bertz CT molecular complexity index is 951. The highest BCUT2D eigenvalue weighted by molar-refractivity contribution is 7.89. The van der Waals surface area contributed by atoms with Gasteiger partial charge >= 0.3 is 0 Å². The van der Waals surface area contributed by atoms with E-state index in [0.29, 0.717) is 35.7 Å². The van der Waals surface area contributed by atoms with E-state index < -0.39 is 9.84 Å². The summed E-state index contributed by atoms with van der Waals surface area (Å²) < 4.78 is 33.5. The molecule has 6 nitrogen and oxygen atoms in total. The lowest BCUT2D eigenvalue weighted by molar-refractivity contribution is 0.0734. The molecule has 0 saturated heterocycles. The summed E-state index contributed by atoms with van der Waals surface area (Å²) in [6.07, 6.45) is 1.94. The van der Waals surface area contributed by atoms with E-state index in [9.17, 15) is 13.2 Å². The number of hydrogen-bond donors (Lipinski definition) is 0. The molecular formula is C20H23NO5S. The number of ether oxygens (including phenoxy) is 2. The zero-order valence-corrected chi connectivity index (χ0v) is 16.5. The van der Waals surface area contributed by atoms with Gasteiger partial charge in [-0.25, -0.2) is 8.42 Å². The molecule has 3 rings (SSSR count). The van der Waals surface area contributed by atoms with Crippen LogP contribution in [0.4, 0.5) is 0 Å². The molecule has 0 spiro atoms. The van der Waals surface area contributed by atoms with Crippen molar-refractivity contribution < 1.29 is 22.7 Å². The van der Waals surface area contributed by atoms with Gasteiger partial charge in [-0.05, 0) is 47.4 Å². The van der Waals surface area contributed by atoms with Gasteiger partial charge in [-0.15, -0.1) is 0 Å². The number of carbonyl (C=O) groups is 1. The molecule has 1 heterocycles. The van der Waals surface area contributed by atoms with Crippen molar-refractivity contribution in [2.24, 2.45) is 0 Å². The molecule has 0 aliphatic carbocycles. The van der Waals surface area contributed by atoms with E-state index in [1.54, 1.807) is 43.4 Å². The first-order valence-corrected chi connectivity index (χ1v) is 10.7. The van der Waals surface area contributed by atoms with Gasteiger partial charge in [-0.2, -0.15) is 0 Å². The quantitative estimate of drug-likeness (QED) is 0.785. The second-order valence-corrected chi connectivity index (χ2v) is 8.86. The van der Waals surface area contributed by atoms with Crippen LogP contribution < -0.4 is 9.47 Å². The maximum absolute atomic E-state index is 12.8. The molecule has 144 valence electrons. The number of methoxy groups -OCH3 is 2. The number of benzene rings is 2. The zero-order valence-electron chi connectivity index (χ0n) is 15.7. The molecule has 0 bridgehead atoms. The lowest BCUT2D eigenvalue weighted by Gasteiger charge is -2.29. The molecule has 0 fully saturated rings. The Morgan fingerprint density at radius 3 is 2.19 bits per heavy atom. The molecule has 0 radical (unpaired) electrons. The normalized spacial score (nSPS) is 13.8. The Kier molecular flexibility index (Phi) is 5.41. The smallest absolute Gasteiger partial charge is 0.254 e. The van der Waals surface area contributed by atoms with E-state index in [2.05, 4.69) is 0 Å². The fourth-order valence-corrected chi connectivity index (χ4v) is 4.08. The molecule has 0 aromatic heterocycles. The van der Waals surface area contributed by atoms with Crippen LogP contribution in [0.25, 0.3) is 0 Å². The maximum Gasteiger partial charge on any atom is 0.254 e. The van der Waals surface area contributed by atoms with Crippen molar-refractivity contribution in [3.63, 3.8) is 0 Å². The van der Waals surface area contributed by atoms with Crippen molar-refractivity contribution >= 4 is 15.7 Å². The van der Waals surface area contributed by atoms with Gasteiger partial charge in [0, 0.05) is 24.9 Å². The highest BCUT2D eigenvalue weighted by Gasteiger charge is 2.23. The standard InChI is InChI=1S/C20H23NO5S/c1-25-18-10-16-8-9-21(12-17(16)11-19(18)26-2)20(22)15-6-4-14(5-7-15)13-27(3,23)24/h4-7,10-11H,8-9,12-13H2,1-3H3. The summed E-state index contributed by atoms with van der Waals surface area (Å²) in [6, 6.07) is 10.7. The van der Waals surface area contributed by atoms with E-state index in [0.717, 1.165) is 17.5 Å². The van der Waals surface area contributed by atoms with Crippen LogP contribution in [0.15, 0.2) is 36.4 Å². The number of nitrogens with zero attached hydrogens (tertiary/aromatic N) is 1. The van der Waals surface area contributed by atoms with Crippen LogP contribution in [0, 0.1) is 0 Å². The van der Waals surface area contributed by atoms with Crippen LogP contribution in [-0.2, 0) is 28.6 Å². The zero-order chi connectivity index (χ0) is 19.6. The minimum atomic E-state index is -3.09. The first-order valence-electron chi connectivity index (χ1n) is 8.60. The SMILES string of the molecule is COc1cc2c(cc1OC)CN(C(=O)c1ccc(CS(C)(=O)=O)cc1)CC2. The predicted octanol–water partition coefficient (Wildman–Crippen LogP) is 2.45. The van der Waals surface area contributed by atoms with E-state index in [1.165, 1.54) is 6.26 Å². The lowest BCUT2D eigenvalue weighted by Crippen LogP contribution is -2.36. The fourth-order valence-electron chi connectivity index (χ4n) is 3.29. The number of hydrogen-bond acceptors (Lipinski definition) is 5. The topological polar surface area (TPSA) is 72.9 Å². The molecule has 27 heavy (non-hydrogen) atoms. The number of fused-ring (bicyclic) bond motifs is 1. The largest absolute Gasteiger partial charge is 0.493 e. The van der Waals surface area contributed by atoms with Crippen LogP contribution >= 0.6 is 0 Å². The van der Waals surface area contributed by atoms with E-state index in [4.69, 9.17) is 9.47 Å². The van der Waals surface area contributed by atoms with E-state index >= 15 is 0 Å². The molecule has 1 aliphatic rings. The highest BCUT2D eigenvalue weighted by atomic mass is 32.2. The van der Waals surface area contributed by atoms with Crippen molar-refractivity contribution in [1.82, 2.24) is 4.90 Å². The second kappa shape index (κ2) is 7.60. The summed E-state index contributed by atoms with van der Waals surface area (Å²) in [6.45, 7) is 1.12. The first-order chi connectivity index (χ1) is 12.8. The summed E-state index contributed by atoms with van der Waals surface area (Å²) in [7, 11) is 0.105. The second-order valence-electron chi connectivity index (χ2n) is 6.72. The van der Waals surface area contributed by atoms with Gasteiger partial charge < -0.3 is 14.4 Å². The van der Waals surface area contributed by atoms with Gasteiger partial charge in [-0.1, -0.05) is 12.1 Å². The van der Waals surface area contributed by atoms with Gasteiger partial charge in [0.05, 0.1) is 20.0 Å². The first kappa shape index (κ1) is 19.2. The van der Waals surface area contributed by atoms with Gasteiger partial charge in [0.1, 0.15) is 0 Å². The molecule has 1 aliphatic heterocycles. The summed E-state index contributed by atoms with van der Waals surface area (Å²) in [5, 5.41) is 0. The van der Waals surface area contributed by atoms with Crippen molar-refractivity contribution in [3.05, 3.63) is 58.7 Å². The third kappa shape index (κ3) is 4.42. The molecule has 7 heteroatoms. The lowest BCUT2D eigenvalue weighted by atomic mass is 9.98. The van der Waals surface area contributed by atoms with Crippen molar-refractivity contribution in [3.8, 4) is 11.5 Å². The Morgan fingerprint density at radius 2 is 1.63 bits per heavy atom. The Labute approximate surface area is 159 Å². The number of carbonyl (C=O) groups excluding carboxylic acids is 1. The minimum Gasteiger partial charge on any atom is -0.493 e. The number of sulfone groups is 1. The van der Waals surface area contributed by atoms with Crippen LogP contribution in [0.2, 0.25) is 0 Å². The van der Waals surface area contributed by atoms with Crippen molar-refractivity contribution in [2.45, 2.75) is 18.7 Å². The molecule has 0 unspecified atom stereocenters. The molecule has 2 aromatic carbocycles. The third-order valence-corrected chi connectivity index (χ3v) is 5.49. The van der Waals surface area contributed by atoms with Crippen molar-refractivity contribution in [2.75, 3.05) is 27.0 Å². The van der Waals surface area contributed by atoms with E-state index in [-0.39, 0.29) is 11.7 Å². The third-order valence-electron chi connectivity index (χ3n) is 4.64. The molecule has 0 N–H and O–H groups in total. The van der Waals surface area contributed by atoms with Crippen molar-refractivity contribution in [1.29, 1.82) is 0 Å². The van der Waals surface area contributed by atoms with Gasteiger partial charge in [-0.3, -0.25) is 4.79 Å².